The average molecular weight is 438 g/mol. The molecule has 0 saturated carbocycles. The van der Waals surface area contributed by atoms with Gasteiger partial charge in [-0.25, -0.2) is 9.97 Å². The predicted molar refractivity (Wildman–Crippen MR) is 106 cm³/mol. The van der Waals surface area contributed by atoms with Gasteiger partial charge in [0.05, 0.1) is 16.6 Å². The fourth-order valence-electron chi connectivity index (χ4n) is 2.62. The van der Waals surface area contributed by atoms with Gasteiger partial charge in [0.1, 0.15) is 5.15 Å². The molecule has 0 saturated heterocycles. The molecule has 0 radical (unpaired) electrons. The smallest absolute Gasteiger partial charge is 0.261 e. The maximum Gasteiger partial charge on any atom is 0.261 e. The number of hydrogen-bond donors (Lipinski definition) is 1. The monoisotopic (exact) mass is 436 g/mol. The summed E-state index contributed by atoms with van der Waals surface area (Å²) in [6.45, 7) is 3.98. The number of imidazole rings is 1. The van der Waals surface area contributed by atoms with Crippen molar-refractivity contribution in [2.75, 3.05) is 18.5 Å². The predicted octanol–water partition coefficient (Wildman–Crippen LogP) is 4.53. The lowest BCUT2D eigenvalue weighted by Gasteiger charge is -2.11. The highest BCUT2D eigenvalue weighted by Crippen LogP contribution is 2.23. The number of carbonyl (C=O) groups excluding carboxylic acids is 1. The lowest BCUT2D eigenvalue weighted by Crippen LogP contribution is -2.17. The highest BCUT2D eigenvalue weighted by Gasteiger charge is 2.17. The van der Waals surface area contributed by atoms with E-state index in [1.807, 2.05) is 35.8 Å². The van der Waals surface area contributed by atoms with Crippen LogP contribution >= 0.6 is 27.5 Å². The van der Waals surface area contributed by atoms with Gasteiger partial charge in [0.15, 0.2) is 0 Å². The van der Waals surface area contributed by atoms with Crippen molar-refractivity contribution >= 4 is 50.4 Å². The normalized spacial score (nSPS) is 11.0. The van der Waals surface area contributed by atoms with Gasteiger partial charge < -0.3 is 9.30 Å². The zero-order valence-corrected chi connectivity index (χ0v) is 16.5. The van der Waals surface area contributed by atoms with Gasteiger partial charge in [0.2, 0.25) is 5.95 Å². The molecule has 0 atom stereocenters. The van der Waals surface area contributed by atoms with E-state index < -0.39 is 0 Å². The Bertz CT molecular complexity index is 929. The number of hydrogen-bond acceptors (Lipinski definition) is 4. The fourth-order valence-corrected chi connectivity index (χ4v) is 3.14. The summed E-state index contributed by atoms with van der Waals surface area (Å²) in [6, 6.07) is 9.39. The molecule has 2 aromatic heterocycles. The topological polar surface area (TPSA) is 69.0 Å². The van der Waals surface area contributed by atoms with Crippen LogP contribution < -0.4 is 5.32 Å². The first kappa shape index (κ1) is 18.8. The number of rotatable bonds is 7. The third-order valence-corrected chi connectivity index (χ3v) is 4.54. The van der Waals surface area contributed by atoms with E-state index >= 15 is 0 Å². The highest BCUT2D eigenvalue weighted by atomic mass is 79.9. The molecule has 0 unspecified atom stereocenters. The van der Waals surface area contributed by atoms with Gasteiger partial charge in [-0.2, -0.15) is 0 Å². The van der Waals surface area contributed by atoms with Crippen LogP contribution in [-0.2, 0) is 11.3 Å². The number of nitrogens with zero attached hydrogens (tertiary/aromatic N) is 3. The molecule has 3 aromatic rings. The molecule has 3 rings (SSSR count). The van der Waals surface area contributed by atoms with Crippen LogP contribution in [-0.4, -0.2) is 33.7 Å². The van der Waals surface area contributed by atoms with Crippen molar-refractivity contribution in [2.45, 2.75) is 19.9 Å². The number of carbonyl (C=O) groups is 1. The number of aryl methyl sites for hydroxylation is 1. The first-order chi connectivity index (χ1) is 12.6. The van der Waals surface area contributed by atoms with Crippen molar-refractivity contribution in [3.05, 3.63) is 51.7 Å². The van der Waals surface area contributed by atoms with Gasteiger partial charge in [0.25, 0.3) is 5.91 Å². The molecule has 0 spiro atoms. The van der Waals surface area contributed by atoms with E-state index in [2.05, 4.69) is 31.2 Å². The lowest BCUT2D eigenvalue weighted by atomic mass is 10.3. The van der Waals surface area contributed by atoms with Crippen LogP contribution in [0.3, 0.4) is 0 Å². The number of fused-ring (bicyclic) bond motifs is 1. The van der Waals surface area contributed by atoms with E-state index in [1.165, 1.54) is 0 Å². The number of benzene rings is 1. The molecule has 136 valence electrons. The van der Waals surface area contributed by atoms with E-state index in [9.17, 15) is 4.79 Å². The van der Waals surface area contributed by atoms with Crippen molar-refractivity contribution in [2.24, 2.45) is 0 Å². The molecule has 0 fully saturated rings. The molecule has 1 N–H and O–H groups in total. The molecule has 0 aliphatic rings. The second kappa shape index (κ2) is 8.62. The zero-order valence-electron chi connectivity index (χ0n) is 14.2. The van der Waals surface area contributed by atoms with Crippen molar-refractivity contribution in [1.82, 2.24) is 14.5 Å². The van der Waals surface area contributed by atoms with Crippen LogP contribution in [0.5, 0.6) is 0 Å². The van der Waals surface area contributed by atoms with Crippen molar-refractivity contribution < 1.29 is 9.53 Å². The summed E-state index contributed by atoms with van der Waals surface area (Å²) in [5, 5.41) is 3.00. The summed E-state index contributed by atoms with van der Waals surface area (Å²) in [4.78, 5) is 21.2. The van der Waals surface area contributed by atoms with Crippen LogP contribution in [0.25, 0.3) is 11.0 Å². The first-order valence-electron chi connectivity index (χ1n) is 8.25. The van der Waals surface area contributed by atoms with Crippen LogP contribution in [0.2, 0.25) is 5.15 Å². The highest BCUT2D eigenvalue weighted by molar-refractivity contribution is 9.10. The molecular formula is C18H18BrClN4O2. The summed E-state index contributed by atoms with van der Waals surface area (Å²) >= 11 is 9.36. The van der Waals surface area contributed by atoms with Crippen molar-refractivity contribution in [1.29, 1.82) is 0 Å². The number of anilines is 1. The van der Waals surface area contributed by atoms with E-state index in [0.29, 0.717) is 30.2 Å². The molecule has 1 amide bonds. The Morgan fingerprint density at radius 1 is 1.38 bits per heavy atom. The average Bonchev–Trinajstić information content (AvgIpc) is 2.98. The van der Waals surface area contributed by atoms with Gasteiger partial charge in [-0.05, 0) is 47.5 Å². The van der Waals surface area contributed by atoms with Crippen LogP contribution in [0.4, 0.5) is 5.95 Å². The zero-order chi connectivity index (χ0) is 18.5. The van der Waals surface area contributed by atoms with Gasteiger partial charge in [0, 0.05) is 30.4 Å². The number of amides is 1. The summed E-state index contributed by atoms with van der Waals surface area (Å²) in [5.41, 5.74) is 2.06. The Kier molecular flexibility index (Phi) is 6.24. The molecular weight excluding hydrogens is 420 g/mol. The molecule has 6 nitrogen and oxygen atoms in total. The molecule has 0 aliphatic carbocycles. The first-order valence-corrected chi connectivity index (χ1v) is 9.42. The standard InChI is InChI=1S/C18H18BrClN4O2/c1-2-26-9-5-8-24-15-7-4-3-6-14(15)22-18(24)23-17(25)13-10-12(19)11-21-16(13)20/h3-4,6-7,10-11H,2,5,8-9H2,1H3,(H,22,23,25). The SMILES string of the molecule is CCOCCCn1c(NC(=O)c2cc(Br)cnc2Cl)nc2ccccc21. The number of halogens is 2. The number of pyridine rings is 1. The van der Waals surface area contributed by atoms with Crippen LogP contribution in [0, 0.1) is 0 Å². The third kappa shape index (κ3) is 4.23. The number of aromatic nitrogens is 3. The largest absolute Gasteiger partial charge is 0.382 e. The summed E-state index contributed by atoms with van der Waals surface area (Å²) in [7, 11) is 0. The Morgan fingerprint density at radius 2 is 2.19 bits per heavy atom. The fraction of sp³-hybridized carbons (Fsp3) is 0.278. The number of nitrogens with one attached hydrogen (secondary N) is 1. The second-order valence-corrected chi connectivity index (χ2v) is 6.85. The molecule has 2 heterocycles. The van der Waals surface area contributed by atoms with Gasteiger partial charge in [-0.3, -0.25) is 10.1 Å². The Hall–Kier alpha value is -1.96. The van der Waals surface area contributed by atoms with E-state index in [-0.39, 0.29) is 16.6 Å². The summed E-state index contributed by atoms with van der Waals surface area (Å²) in [5.74, 6) is 0.119. The van der Waals surface area contributed by atoms with Crippen molar-refractivity contribution in [3.8, 4) is 0 Å². The number of ether oxygens (including phenoxy) is 1. The maximum absolute atomic E-state index is 12.7. The van der Waals surface area contributed by atoms with Crippen LogP contribution in [0.15, 0.2) is 41.0 Å². The number of para-hydroxylation sites is 2. The van der Waals surface area contributed by atoms with Gasteiger partial charge in [-0.1, -0.05) is 23.7 Å². The summed E-state index contributed by atoms with van der Waals surface area (Å²) < 4.78 is 8.07. The molecule has 26 heavy (non-hydrogen) atoms. The second-order valence-electron chi connectivity index (χ2n) is 5.57. The molecule has 0 aliphatic heterocycles. The third-order valence-electron chi connectivity index (χ3n) is 3.80. The minimum atomic E-state index is -0.356. The molecule has 1 aromatic carbocycles. The van der Waals surface area contributed by atoms with Gasteiger partial charge >= 0.3 is 0 Å². The Morgan fingerprint density at radius 3 is 3.00 bits per heavy atom. The maximum atomic E-state index is 12.7. The lowest BCUT2D eigenvalue weighted by molar-refractivity contribution is 0.102. The molecule has 0 bridgehead atoms. The van der Waals surface area contributed by atoms with Gasteiger partial charge in [-0.15, -0.1) is 0 Å². The van der Waals surface area contributed by atoms with E-state index in [4.69, 9.17) is 16.3 Å². The minimum Gasteiger partial charge on any atom is -0.382 e. The Labute approximate surface area is 164 Å². The van der Waals surface area contributed by atoms with E-state index in [0.717, 1.165) is 17.5 Å². The minimum absolute atomic E-state index is 0.143. The van der Waals surface area contributed by atoms with Crippen molar-refractivity contribution in [3.63, 3.8) is 0 Å². The summed E-state index contributed by atoms with van der Waals surface area (Å²) in [6.07, 6.45) is 2.36. The van der Waals surface area contributed by atoms with E-state index in [1.54, 1.807) is 12.3 Å². The quantitative estimate of drug-likeness (QED) is 0.436. The Balaban J connectivity index is 1.88. The molecule has 8 heteroatoms. The van der Waals surface area contributed by atoms with Crippen LogP contribution in [0.1, 0.15) is 23.7 Å².